The molecule has 18 heavy (non-hydrogen) atoms. The molecule has 2 atom stereocenters. The molecule has 1 spiro atoms. The molecule has 1 saturated heterocycles. The van der Waals surface area contributed by atoms with E-state index in [1.807, 2.05) is 0 Å². The van der Waals surface area contributed by atoms with E-state index < -0.39 is 0 Å². The molecule has 0 amide bonds. The molecular weight excluding hydrogens is 224 g/mol. The van der Waals surface area contributed by atoms with Crippen molar-refractivity contribution >= 4 is 0 Å². The van der Waals surface area contributed by atoms with Gasteiger partial charge in [0.2, 0.25) is 0 Å². The van der Waals surface area contributed by atoms with E-state index in [1.165, 1.54) is 51.4 Å². The van der Waals surface area contributed by atoms with Crippen LogP contribution in [-0.4, -0.2) is 23.4 Å². The van der Waals surface area contributed by atoms with Crippen LogP contribution < -0.4 is 0 Å². The van der Waals surface area contributed by atoms with Gasteiger partial charge in [0.05, 0.1) is 11.7 Å². The molecular formula is C16H30O2. The summed E-state index contributed by atoms with van der Waals surface area (Å²) in [5.74, 6) is 0.505. The molecule has 2 nitrogen and oxygen atoms in total. The maximum atomic E-state index is 10.3. The summed E-state index contributed by atoms with van der Waals surface area (Å²) >= 11 is 0. The van der Waals surface area contributed by atoms with Crippen molar-refractivity contribution < 1.29 is 9.84 Å². The maximum Gasteiger partial charge on any atom is 0.0686 e. The molecule has 0 aromatic carbocycles. The SMILES string of the molecule is CCCCCCCC(O)C1CCOC2(CCC2)C1. The molecule has 0 radical (unpaired) electrons. The average molecular weight is 254 g/mol. The fourth-order valence-electron chi connectivity index (χ4n) is 3.51. The molecule has 0 aromatic heterocycles. The van der Waals surface area contributed by atoms with E-state index in [0.29, 0.717) is 5.92 Å². The number of hydrogen-bond acceptors (Lipinski definition) is 2. The van der Waals surface area contributed by atoms with E-state index in [1.54, 1.807) is 0 Å². The highest BCUT2D eigenvalue weighted by Crippen LogP contribution is 2.45. The van der Waals surface area contributed by atoms with E-state index in [9.17, 15) is 5.11 Å². The van der Waals surface area contributed by atoms with Gasteiger partial charge < -0.3 is 9.84 Å². The molecule has 1 heterocycles. The van der Waals surface area contributed by atoms with Crippen molar-refractivity contribution in [3.8, 4) is 0 Å². The van der Waals surface area contributed by atoms with Crippen LogP contribution in [0.5, 0.6) is 0 Å². The molecule has 1 aliphatic heterocycles. The Kier molecular flexibility index (Phi) is 5.50. The van der Waals surface area contributed by atoms with E-state index in [4.69, 9.17) is 4.74 Å². The van der Waals surface area contributed by atoms with Crippen molar-refractivity contribution in [2.45, 2.75) is 89.3 Å². The lowest BCUT2D eigenvalue weighted by atomic mass is 9.70. The van der Waals surface area contributed by atoms with Crippen LogP contribution in [0.3, 0.4) is 0 Å². The van der Waals surface area contributed by atoms with Crippen LogP contribution in [0.25, 0.3) is 0 Å². The second-order valence-corrected chi connectivity index (χ2v) is 6.41. The monoisotopic (exact) mass is 254 g/mol. The standard InChI is InChI=1S/C16H30O2/c1-2-3-4-5-6-8-15(17)14-9-12-18-16(13-14)10-7-11-16/h14-15,17H,2-13H2,1H3. The smallest absolute Gasteiger partial charge is 0.0686 e. The van der Waals surface area contributed by atoms with Gasteiger partial charge in [-0.2, -0.15) is 0 Å². The van der Waals surface area contributed by atoms with Gasteiger partial charge in [-0.05, 0) is 44.4 Å². The topological polar surface area (TPSA) is 29.5 Å². The zero-order chi connectivity index (χ0) is 12.8. The molecule has 1 aliphatic carbocycles. The fourth-order valence-corrected chi connectivity index (χ4v) is 3.51. The Hall–Kier alpha value is -0.0800. The number of aliphatic hydroxyl groups excluding tert-OH is 1. The lowest BCUT2D eigenvalue weighted by Gasteiger charge is -2.48. The quantitative estimate of drug-likeness (QED) is 0.694. The lowest BCUT2D eigenvalue weighted by Crippen LogP contribution is -2.47. The van der Waals surface area contributed by atoms with Crippen LogP contribution in [0.1, 0.15) is 77.6 Å². The second-order valence-electron chi connectivity index (χ2n) is 6.41. The predicted octanol–water partition coefficient (Wildman–Crippen LogP) is 4.06. The molecule has 1 N–H and O–H groups in total. The zero-order valence-corrected chi connectivity index (χ0v) is 12.0. The van der Waals surface area contributed by atoms with Gasteiger partial charge in [-0.25, -0.2) is 0 Å². The summed E-state index contributed by atoms with van der Waals surface area (Å²) in [5.41, 5.74) is 0.187. The largest absolute Gasteiger partial charge is 0.393 e. The van der Waals surface area contributed by atoms with Crippen molar-refractivity contribution in [3.05, 3.63) is 0 Å². The summed E-state index contributed by atoms with van der Waals surface area (Å²) in [6.07, 6.45) is 13.4. The third-order valence-electron chi connectivity index (χ3n) is 4.94. The van der Waals surface area contributed by atoms with E-state index in [2.05, 4.69) is 6.92 Å². The Bertz CT molecular complexity index is 235. The first-order valence-corrected chi connectivity index (χ1v) is 8.08. The maximum absolute atomic E-state index is 10.3. The first-order chi connectivity index (χ1) is 8.76. The van der Waals surface area contributed by atoms with Gasteiger partial charge in [-0.1, -0.05) is 39.0 Å². The number of unbranched alkanes of at least 4 members (excludes halogenated alkanes) is 4. The molecule has 2 unspecified atom stereocenters. The minimum absolute atomic E-state index is 0.0759. The molecule has 0 aromatic rings. The Labute approximate surface area is 112 Å². The normalized spacial score (nSPS) is 28.0. The summed E-state index contributed by atoms with van der Waals surface area (Å²) in [5, 5.41) is 10.3. The van der Waals surface area contributed by atoms with Crippen LogP contribution in [-0.2, 0) is 4.74 Å². The average Bonchev–Trinajstić information content (AvgIpc) is 2.36. The fraction of sp³-hybridized carbons (Fsp3) is 1.00. The van der Waals surface area contributed by atoms with Crippen molar-refractivity contribution in [1.82, 2.24) is 0 Å². The number of aliphatic hydroxyl groups is 1. The van der Waals surface area contributed by atoms with Gasteiger partial charge in [0, 0.05) is 6.61 Å². The molecule has 2 aliphatic rings. The highest BCUT2D eigenvalue weighted by molar-refractivity contribution is 4.95. The van der Waals surface area contributed by atoms with Crippen LogP contribution in [0.2, 0.25) is 0 Å². The van der Waals surface area contributed by atoms with Gasteiger partial charge in [-0.15, -0.1) is 0 Å². The third-order valence-corrected chi connectivity index (χ3v) is 4.94. The highest BCUT2D eigenvalue weighted by atomic mass is 16.5. The first-order valence-electron chi connectivity index (χ1n) is 8.08. The molecule has 2 rings (SSSR count). The Morgan fingerprint density at radius 2 is 2.00 bits per heavy atom. The van der Waals surface area contributed by atoms with Gasteiger partial charge >= 0.3 is 0 Å². The third kappa shape index (κ3) is 3.71. The summed E-state index contributed by atoms with van der Waals surface area (Å²) in [6.45, 7) is 3.12. The lowest BCUT2D eigenvalue weighted by molar-refractivity contribution is -0.157. The van der Waals surface area contributed by atoms with Gasteiger partial charge in [0.15, 0.2) is 0 Å². The summed E-state index contributed by atoms with van der Waals surface area (Å²) < 4.78 is 5.93. The first kappa shape index (κ1) is 14.3. The number of rotatable bonds is 7. The Morgan fingerprint density at radius 3 is 2.67 bits per heavy atom. The van der Waals surface area contributed by atoms with E-state index in [-0.39, 0.29) is 11.7 Å². The van der Waals surface area contributed by atoms with Gasteiger partial charge in [0.1, 0.15) is 0 Å². The summed E-state index contributed by atoms with van der Waals surface area (Å²) in [4.78, 5) is 0. The summed E-state index contributed by atoms with van der Waals surface area (Å²) in [6, 6.07) is 0. The van der Waals surface area contributed by atoms with Crippen LogP contribution in [0, 0.1) is 5.92 Å². The highest BCUT2D eigenvalue weighted by Gasteiger charge is 2.43. The molecule has 106 valence electrons. The molecule has 2 heteroatoms. The van der Waals surface area contributed by atoms with Crippen LogP contribution in [0.4, 0.5) is 0 Å². The van der Waals surface area contributed by atoms with Crippen molar-refractivity contribution in [2.75, 3.05) is 6.61 Å². The Morgan fingerprint density at radius 1 is 1.22 bits per heavy atom. The van der Waals surface area contributed by atoms with E-state index in [0.717, 1.165) is 25.9 Å². The predicted molar refractivity (Wildman–Crippen MR) is 74.6 cm³/mol. The van der Waals surface area contributed by atoms with Gasteiger partial charge in [-0.3, -0.25) is 0 Å². The molecule has 0 bridgehead atoms. The molecule has 1 saturated carbocycles. The minimum Gasteiger partial charge on any atom is -0.393 e. The Balaban J connectivity index is 1.63. The van der Waals surface area contributed by atoms with Crippen molar-refractivity contribution in [1.29, 1.82) is 0 Å². The number of ether oxygens (including phenoxy) is 1. The summed E-state index contributed by atoms with van der Waals surface area (Å²) in [7, 11) is 0. The van der Waals surface area contributed by atoms with Gasteiger partial charge in [0.25, 0.3) is 0 Å². The minimum atomic E-state index is -0.0759. The van der Waals surface area contributed by atoms with Crippen molar-refractivity contribution in [2.24, 2.45) is 5.92 Å². The number of hydrogen-bond donors (Lipinski definition) is 1. The van der Waals surface area contributed by atoms with Crippen LogP contribution in [0.15, 0.2) is 0 Å². The second kappa shape index (κ2) is 6.91. The van der Waals surface area contributed by atoms with Crippen molar-refractivity contribution in [3.63, 3.8) is 0 Å². The molecule has 2 fully saturated rings. The van der Waals surface area contributed by atoms with E-state index >= 15 is 0 Å². The van der Waals surface area contributed by atoms with Crippen LogP contribution >= 0.6 is 0 Å². The zero-order valence-electron chi connectivity index (χ0n) is 12.0.